The van der Waals surface area contributed by atoms with Gasteiger partial charge in [-0.1, -0.05) is 41.4 Å². The van der Waals surface area contributed by atoms with Crippen LogP contribution in [0.2, 0.25) is 5.02 Å². The van der Waals surface area contributed by atoms with Crippen molar-refractivity contribution in [2.45, 2.75) is 18.7 Å². The highest BCUT2D eigenvalue weighted by Gasteiger charge is 2.18. The maximum atomic E-state index is 13.1. The first-order chi connectivity index (χ1) is 7.41. The molecule has 0 spiro atoms. The molecule has 0 aliphatic carbocycles. The number of amides is 1. The molecule has 1 unspecified atom stereocenters. The quantitative estimate of drug-likeness (QED) is 0.845. The smallest absolute Gasteiger partial charge is 0.238 e. The van der Waals surface area contributed by atoms with Gasteiger partial charge in [-0.3, -0.25) is 4.79 Å². The van der Waals surface area contributed by atoms with Crippen LogP contribution in [0.25, 0.3) is 0 Å². The molecule has 1 atom stereocenters. The lowest BCUT2D eigenvalue weighted by Crippen LogP contribution is -2.26. The van der Waals surface area contributed by atoms with E-state index in [1.54, 1.807) is 6.07 Å². The average Bonchev–Trinajstić information content (AvgIpc) is 2.22. The van der Waals surface area contributed by atoms with Crippen LogP contribution in [0, 0.1) is 11.7 Å². The minimum atomic E-state index is -0.546. The first-order valence-electron chi connectivity index (χ1n) is 4.82. The normalized spacial score (nSPS) is 12.6. The van der Waals surface area contributed by atoms with Gasteiger partial charge in [0.05, 0.1) is 9.85 Å². The lowest BCUT2D eigenvalue weighted by Gasteiger charge is -2.13. The molecule has 88 valence electrons. The van der Waals surface area contributed by atoms with E-state index >= 15 is 0 Å². The number of rotatable bonds is 3. The Labute approximate surface area is 107 Å². The molecule has 1 aromatic carbocycles. The van der Waals surface area contributed by atoms with Gasteiger partial charge in [0.25, 0.3) is 0 Å². The van der Waals surface area contributed by atoms with Gasteiger partial charge in [-0.2, -0.15) is 0 Å². The fourth-order valence-corrected chi connectivity index (χ4v) is 1.32. The molecule has 0 aliphatic heterocycles. The molecule has 2 nitrogen and oxygen atoms in total. The molecule has 1 rings (SSSR count). The summed E-state index contributed by atoms with van der Waals surface area (Å²) < 4.78 is 13.1. The van der Waals surface area contributed by atoms with Crippen molar-refractivity contribution in [1.29, 1.82) is 0 Å². The van der Waals surface area contributed by atoms with Crippen molar-refractivity contribution in [1.82, 2.24) is 0 Å². The van der Waals surface area contributed by atoms with Gasteiger partial charge in [0.2, 0.25) is 5.91 Å². The molecule has 0 fully saturated rings. The van der Waals surface area contributed by atoms with Gasteiger partial charge in [0, 0.05) is 5.69 Å². The van der Waals surface area contributed by atoms with Crippen LogP contribution in [0.15, 0.2) is 18.2 Å². The Morgan fingerprint density at radius 2 is 2.12 bits per heavy atom. The third-order valence-corrected chi connectivity index (χ3v) is 3.80. The van der Waals surface area contributed by atoms with E-state index in [9.17, 15) is 9.18 Å². The summed E-state index contributed by atoms with van der Waals surface area (Å²) in [4.78, 5) is 11.3. The fourth-order valence-electron chi connectivity index (χ4n) is 1.09. The van der Waals surface area contributed by atoms with Crippen molar-refractivity contribution in [3.63, 3.8) is 0 Å². The summed E-state index contributed by atoms with van der Waals surface area (Å²) in [5.74, 6) is -0.580. The highest BCUT2D eigenvalue weighted by Crippen LogP contribution is 2.20. The lowest BCUT2D eigenvalue weighted by molar-refractivity contribution is -0.116. The number of benzene rings is 1. The average molecular weight is 309 g/mol. The summed E-state index contributed by atoms with van der Waals surface area (Å²) in [6.45, 7) is 3.84. The molecule has 1 N–H and O–H groups in total. The molecule has 1 amide bonds. The number of carbonyl (C=O) groups excluding carboxylic acids is 1. The highest BCUT2D eigenvalue weighted by atomic mass is 79.9. The third kappa shape index (κ3) is 3.46. The minimum absolute atomic E-state index is 0.0391. The first-order valence-corrected chi connectivity index (χ1v) is 6.11. The second kappa shape index (κ2) is 5.64. The van der Waals surface area contributed by atoms with Crippen molar-refractivity contribution >= 4 is 39.1 Å². The maximum Gasteiger partial charge on any atom is 0.238 e. The number of alkyl halides is 1. The Morgan fingerprint density at radius 1 is 1.50 bits per heavy atom. The van der Waals surface area contributed by atoms with Gasteiger partial charge in [-0.15, -0.1) is 0 Å². The molecule has 0 saturated carbocycles. The van der Waals surface area contributed by atoms with Crippen LogP contribution < -0.4 is 5.32 Å². The van der Waals surface area contributed by atoms with Gasteiger partial charge in [0.15, 0.2) is 0 Å². The zero-order chi connectivity index (χ0) is 12.3. The fraction of sp³-hybridized carbons (Fsp3) is 0.364. The lowest BCUT2D eigenvalue weighted by atomic mass is 10.1. The molecule has 0 bridgehead atoms. The van der Waals surface area contributed by atoms with Crippen LogP contribution >= 0.6 is 27.5 Å². The van der Waals surface area contributed by atoms with E-state index in [2.05, 4.69) is 21.2 Å². The van der Waals surface area contributed by atoms with Gasteiger partial charge < -0.3 is 5.32 Å². The van der Waals surface area contributed by atoms with Gasteiger partial charge in [-0.25, -0.2) is 4.39 Å². The molecule has 0 heterocycles. The van der Waals surface area contributed by atoms with Crippen molar-refractivity contribution in [2.75, 3.05) is 5.32 Å². The van der Waals surface area contributed by atoms with Crippen LogP contribution in [0.3, 0.4) is 0 Å². The van der Waals surface area contributed by atoms with Crippen molar-refractivity contribution in [3.8, 4) is 0 Å². The van der Waals surface area contributed by atoms with E-state index in [1.165, 1.54) is 12.1 Å². The number of nitrogens with one attached hydrogen (secondary N) is 1. The molecule has 0 saturated heterocycles. The van der Waals surface area contributed by atoms with Crippen LogP contribution in [0.5, 0.6) is 0 Å². The molecule has 0 aromatic heterocycles. The Bertz CT molecular complexity index is 398. The molecule has 16 heavy (non-hydrogen) atoms. The number of carbonyl (C=O) groups is 1. The van der Waals surface area contributed by atoms with Crippen LogP contribution in [-0.4, -0.2) is 10.7 Å². The zero-order valence-electron chi connectivity index (χ0n) is 8.93. The maximum absolute atomic E-state index is 13.1. The second-order valence-corrected chi connectivity index (χ2v) is 5.16. The predicted molar refractivity (Wildman–Crippen MR) is 67.6 cm³/mol. The summed E-state index contributed by atoms with van der Waals surface area (Å²) in [5, 5.41) is 2.65. The Kier molecular flexibility index (Phi) is 4.74. The topological polar surface area (TPSA) is 29.1 Å². The number of anilines is 1. The van der Waals surface area contributed by atoms with E-state index in [0.29, 0.717) is 5.69 Å². The monoisotopic (exact) mass is 307 g/mol. The number of halogens is 3. The summed E-state index contributed by atoms with van der Waals surface area (Å²) in [6, 6.07) is 4.16. The standard InChI is InChI=1S/C11H12BrClFNO/c1-6(2)10(12)11(16)15-7-3-4-8(13)9(14)5-7/h3-6,10H,1-2H3,(H,15,16). The van der Waals surface area contributed by atoms with E-state index < -0.39 is 5.82 Å². The zero-order valence-corrected chi connectivity index (χ0v) is 11.3. The largest absolute Gasteiger partial charge is 0.325 e. The number of hydrogen-bond donors (Lipinski definition) is 1. The summed E-state index contributed by atoms with van der Waals surface area (Å²) in [5.41, 5.74) is 0.400. The van der Waals surface area contributed by atoms with Gasteiger partial charge in [0.1, 0.15) is 5.82 Å². The Morgan fingerprint density at radius 3 is 2.62 bits per heavy atom. The molecular weight excluding hydrogens is 296 g/mol. The van der Waals surface area contributed by atoms with E-state index in [1.807, 2.05) is 13.8 Å². The van der Waals surface area contributed by atoms with Crippen LogP contribution in [0.4, 0.5) is 10.1 Å². The summed E-state index contributed by atoms with van der Waals surface area (Å²) >= 11 is 8.80. The summed E-state index contributed by atoms with van der Waals surface area (Å²) in [7, 11) is 0. The molecule has 0 radical (unpaired) electrons. The van der Waals surface area contributed by atoms with Crippen molar-refractivity contribution in [3.05, 3.63) is 29.0 Å². The Balaban J connectivity index is 2.74. The molecule has 5 heteroatoms. The van der Waals surface area contributed by atoms with Crippen molar-refractivity contribution < 1.29 is 9.18 Å². The third-order valence-electron chi connectivity index (χ3n) is 2.02. The summed E-state index contributed by atoms with van der Waals surface area (Å²) in [6.07, 6.45) is 0. The van der Waals surface area contributed by atoms with Crippen LogP contribution in [-0.2, 0) is 4.79 Å². The molecule has 1 aromatic rings. The first kappa shape index (κ1) is 13.5. The minimum Gasteiger partial charge on any atom is -0.325 e. The highest BCUT2D eigenvalue weighted by molar-refractivity contribution is 9.10. The van der Waals surface area contributed by atoms with Crippen molar-refractivity contribution in [2.24, 2.45) is 5.92 Å². The SMILES string of the molecule is CC(C)C(Br)C(=O)Nc1ccc(Cl)c(F)c1. The van der Waals surface area contributed by atoms with E-state index in [4.69, 9.17) is 11.6 Å². The van der Waals surface area contributed by atoms with Gasteiger partial charge in [-0.05, 0) is 24.1 Å². The van der Waals surface area contributed by atoms with Gasteiger partial charge >= 0.3 is 0 Å². The van der Waals surface area contributed by atoms with E-state index in [-0.39, 0.29) is 21.7 Å². The Hall–Kier alpha value is -0.610. The van der Waals surface area contributed by atoms with Crippen LogP contribution in [0.1, 0.15) is 13.8 Å². The van der Waals surface area contributed by atoms with E-state index in [0.717, 1.165) is 0 Å². The second-order valence-electron chi connectivity index (χ2n) is 3.76. The molecular formula is C11H12BrClFNO. The number of hydrogen-bond acceptors (Lipinski definition) is 1. The predicted octanol–water partition coefficient (Wildman–Crippen LogP) is 3.84. The molecule has 0 aliphatic rings.